The number of halogens is 2. The first-order chi connectivity index (χ1) is 20.6. The zero-order chi connectivity index (χ0) is 31.3. The van der Waals surface area contributed by atoms with E-state index < -0.39 is 47.6 Å². The van der Waals surface area contributed by atoms with E-state index in [1.807, 2.05) is 0 Å². The van der Waals surface area contributed by atoms with E-state index in [0.29, 0.717) is 36.4 Å². The van der Waals surface area contributed by atoms with Gasteiger partial charge < -0.3 is 29.7 Å². The standard InChI is InChI=1S/C31H39BrClN3O7/c1-4-6-13-23(38)34-18-19(3)42-30(41)24-25-28(39)36(15-9-10-16-37)27(31(25)17-20(32)26(24)43-31)29(40)35(14-5-2)22-12-8-7-11-21(22)33/h4-5,7-8,11-12,19-20,24-27,37H,1-2,6,9-10,13-18H2,3H3,(H,34,38)/t19-,20?,24-,25+,26-,27-,31+/m1/s1. The van der Waals surface area contributed by atoms with Gasteiger partial charge in [0.15, 0.2) is 0 Å². The molecule has 3 saturated heterocycles. The second-order valence-electron chi connectivity index (χ2n) is 11.2. The van der Waals surface area contributed by atoms with Gasteiger partial charge in [-0.25, -0.2) is 0 Å². The number of nitrogens with one attached hydrogen (secondary N) is 1. The summed E-state index contributed by atoms with van der Waals surface area (Å²) in [6, 6.07) is 5.90. The Morgan fingerprint density at radius 3 is 2.72 bits per heavy atom. The van der Waals surface area contributed by atoms with Crippen LogP contribution in [0, 0.1) is 11.8 Å². The topological polar surface area (TPSA) is 125 Å². The molecule has 4 rings (SSSR count). The van der Waals surface area contributed by atoms with Crippen LogP contribution in [0.5, 0.6) is 0 Å². The number of aliphatic hydroxyl groups is 1. The fraction of sp³-hybridized carbons (Fsp3) is 0.548. The van der Waals surface area contributed by atoms with Crippen molar-refractivity contribution < 1.29 is 33.8 Å². The summed E-state index contributed by atoms with van der Waals surface area (Å²) >= 11 is 10.2. The normalized spacial score (nSPS) is 27.9. The van der Waals surface area contributed by atoms with Gasteiger partial charge in [-0.05, 0) is 44.7 Å². The van der Waals surface area contributed by atoms with Crippen molar-refractivity contribution in [3.63, 3.8) is 0 Å². The Balaban J connectivity index is 1.64. The first kappa shape index (κ1) is 33.2. The smallest absolute Gasteiger partial charge is 0.312 e. The molecule has 2 N–H and O–H groups in total. The summed E-state index contributed by atoms with van der Waals surface area (Å²) < 4.78 is 12.3. The molecule has 2 bridgehead atoms. The van der Waals surface area contributed by atoms with Gasteiger partial charge in [-0.1, -0.05) is 51.8 Å². The number of rotatable bonds is 15. The van der Waals surface area contributed by atoms with Crippen molar-refractivity contribution in [3.8, 4) is 0 Å². The van der Waals surface area contributed by atoms with Crippen LogP contribution in [0.1, 0.15) is 39.0 Å². The van der Waals surface area contributed by atoms with E-state index in [4.69, 9.17) is 21.1 Å². The van der Waals surface area contributed by atoms with Crippen molar-refractivity contribution in [1.82, 2.24) is 10.2 Å². The van der Waals surface area contributed by atoms with E-state index in [-0.39, 0.29) is 49.3 Å². The number of hydrogen-bond donors (Lipinski definition) is 2. The number of nitrogens with zero attached hydrogens (tertiary/aromatic N) is 2. The Morgan fingerprint density at radius 1 is 1.30 bits per heavy atom. The number of alkyl halides is 1. The maximum Gasteiger partial charge on any atom is 0.312 e. The van der Waals surface area contributed by atoms with E-state index in [9.17, 15) is 24.3 Å². The quantitative estimate of drug-likeness (QED) is 0.126. The number of likely N-dealkylation sites (tertiary alicyclic amines) is 1. The third-order valence-corrected chi connectivity index (χ3v) is 9.47. The van der Waals surface area contributed by atoms with E-state index in [1.165, 1.54) is 9.80 Å². The number of aliphatic hydroxyl groups excluding tert-OH is 1. The number of benzene rings is 1. The van der Waals surface area contributed by atoms with Gasteiger partial charge in [-0.2, -0.15) is 0 Å². The fourth-order valence-corrected chi connectivity index (χ4v) is 7.65. The zero-order valence-electron chi connectivity index (χ0n) is 24.3. The van der Waals surface area contributed by atoms with Crippen LogP contribution in [0.25, 0.3) is 0 Å². The molecule has 0 radical (unpaired) electrons. The third-order valence-electron chi connectivity index (χ3n) is 8.30. The molecule has 12 heteroatoms. The Hall–Kier alpha value is -2.73. The summed E-state index contributed by atoms with van der Waals surface area (Å²) in [6.45, 7) is 9.49. The van der Waals surface area contributed by atoms with Crippen LogP contribution in [-0.2, 0) is 28.7 Å². The molecular weight excluding hydrogens is 642 g/mol. The lowest BCUT2D eigenvalue weighted by Crippen LogP contribution is -2.57. The van der Waals surface area contributed by atoms with Crippen LogP contribution in [0.15, 0.2) is 49.6 Å². The minimum absolute atomic E-state index is 0.0591. The van der Waals surface area contributed by atoms with Crippen LogP contribution < -0.4 is 10.2 Å². The highest BCUT2D eigenvalue weighted by Gasteiger charge is 2.77. The first-order valence-corrected chi connectivity index (χ1v) is 15.9. The van der Waals surface area contributed by atoms with Crippen molar-refractivity contribution in [1.29, 1.82) is 0 Å². The van der Waals surface area contributed by atoms with Gasteiger partial charge in [0.2, 0.25) is 11.8 Å². The Labute approximate surface area is 265 Å². The number of para-hydroxylation sites is 1. The molecule has 234 valence electrons. The summed E-state index contributed by atoms with van der Waals surface area (Å²) in [5.41, 5.74) is -0.807. The molecule has 43 heavy (non-hydrogen) atoms. The van der Waals surface area contributed by atoms with E-state index in [1.54, 1.807) is 43.3 Å². The molecule has 3 aliphatic rings. The minimum Gasteiger partial charge on any atom is -0.460 e. The van der Waals surface area contributed by atoms with Gasteiger partial charge in [0, 0.05) is 30.9 Å². The van der Waals surface area contributed by atoms with Gasteiger partial charge in [0.25, 0.3) is 5.91 Å². The molecule has 1 spiro atoms. The number of carbonyl (C=O) groups excluding carboxylic acids is 4. The molecule has 10 nitrogen and oxygen atoms in total. The summed E-state index contributed by atoms with van der Waals surface area (Å²) in [5, 5.41) is 12.5. The Morgan fingerprint density at radius 2 is 2.05 bits per heavy atom. The first-order valence-electron chi connectivity index (χ1n) is 14.6. The molecule has 1 unspecified atom stereocenters. The third kappa shape index (κ3) is 6.55. The molecule has 3 heterocycles. The van der Waals surface area contributed by atoms with Crippen molar-refractivity contribution in [2.75, 3.05) is 31.1 Å². The summed E-state index contributed by atoms with van der Waals surface area (Å²) in [5.74, 6) is -3.43. The van der Waals surface area contributed by atoms with Crippen molar-refractivity contribution >= 4 is 56.9 Å². The second kappa shape index (κ2) is 14.4. The highest BCUT2D eigenvalue weighted by molar-refractivity contribution is 9.09. The van der Waals surface area contributed by atoms with E-state index in [2.05, 4.69) is 34.4 Å². The molecule has 3 fully saturated rings. The van der Waals surface area contributed by atoms with Crippen molar-refractivity contribution in [2.24, 2.45) is 11.8 Å². The average Bonchev–Trinajstić information content (AvgIpc) is 3.57. The van der Waals surface area contributed by atoms with Gasteiger partial charge in [-0.3, -0.25) is 19.2 Å². The van der Waals surface area contributed by atoms with Gasteiger partial charge in [-0.15, -0.1) is 13.2 Å². The molecule has 3 aliphatic heterocycles. The minimum atomic E-state index is -1.28. The monoisotopic (exact) mass is 679 g/mol. The van der Waals surface area contributed by atoms with Crippen LogP contribution in [0.3, 0.4) is 0 Å². The molecule has 0 aliphatic carbocycles. The molecule has 0 aromatic heterocycles. The highest BCUT2D eigenvalue weighted by atomic mass is 79.9. The van der Waals surface area contributed by atoms with Crippen LogP contribution >= 0.6 is 27.5 Å². The number of ether oxygens (including phenoxy) is 2. The van der Waals surface area contributed by atoms with E-state index >= 15 is 0 Å². The lowest BCUT2D eigenvalue weighted by atomic mass is 9.70. The van der Waals surface area contributed by atoms with Crippen LogP contribution in [0.4, 0.5) is 5.69 Å². The largest absolute Gasteiger partial charge is 0.460 e. The molecule has 7 atom stereocenters. The predicted octanol–water partition coefficient (Wildman–Crippen LogP) is 3.39. The molecule has 0 saturated carbocycles. The Bertz CT molecular complexity index is 1250. The lowest BCUT2D eigenvalue weighted by molar-refractivity contribution is -0.159. The van der Waals surface area contributed by atoms with Gasteiger partial charge >= 0.3 is 5.97 Å². The number of carbonyl (C=O) groups is 4. The van der Waals surface area contributed by atoms with Gasteiger partial charge in [0.1, 0.15) is 17.7 Å². The van der Waals surface area contributed by atoms with Crippen molar-refractivity contribution in [2.45, 2.75) is 67.7 Å². The molecule has 1 aromatic carbocycles. The molecule has 3 amide bonds. The fourth-order valence-electron chi connectivity index (χ4n) is 6.46. The zero-order valence-corrected chi connectivity index (χ0v) is 26.6. The number of esters is 1. The Kier molecular flexibility index (Phi) is 11.1. The lowest BCUT2D eigenvalue weighted by Gasteiger charge is -2.37. The highest BCUT2D eigenvalue weighted by Crippen LogP contribution is 2.60. The number of allylic oxidation sites excluding steroid dienone is 1. The number of unbranched alkanes of at least 4 members (excludes halogenated alkanes) is 1. The average molecular weight is 681 g/mol. The molecule has 1 aromatic rings. The number of hydrogen-bond acceptors (Lipinski definition) is 7. The van der Waals surface area contributed by atoms with Crippen molar-refractivity contribution in [3.05, 3.63) is 54.6 Å². The second-order valence-corrected chi connectivity index (χ2v) is 12.8. The SMILES string of the molecule is C=CCCC(=O)NC[C@@H](C)OC(=O)[C@H]1[C@@H]2O[C@@]3(CC2Br)[C@@H]1C(=O)N(CCCCO)[C@@H]3C(=O)N(CC=C)c1ccccc1Cl. The predicted molar refractivity (Wildman–Crippen MR) is 166 cm³/mol. The number of amides is 3. The van der Waals surface area contributed by atoms with Crippen LogP contribution in [-0.4, -0.2) is 88.6 Å². The summed E-state index contributed by atoms with van der Waals surface area (Å²) in [7, 11) is 0. The maximum atomic E-state index is 14.5. The summed E-state index contributed by atoms with van der Waals surface area (Å²) in [4.78, 5) is 57.0. The number of anilines is 1. The van der Waals surface area contributed by atoms with E-state index in [0.717, 1.165) is 0 Å². The van der Waals surface area contributed by atoms with Gasteiger partial charge in [0.05, 0.1) is 35.2 Å². The summed E-state index contributed by atoms with van der Waals surface area (Å²) in [6.07, 6.45) is 3.96. The maximum absolute atomic E-state index is 14.5. The number of fused-ring (bicyclic) bond motifs is 1. The molecular formula is C31H39BrClN3O7. The van der Waals surface area contributed by atoms with Crippen LogP contribution in [0.2, 0.25) is 5.02 Å².